The Morgan fingerprint density at radius 2 is 1.81 bits per heavy atom. The van der Waals surface area contributed by atoms with Crippen LogP contribution in [0.4, 0.5) is 4.39 Å². The van der Waals surface area contributed by atoms with Crippen molar-refractivity contribution in [3.63, 3.8) is 0 Å². The zero-order valence-corrected chi connectivity index (χ0v) is 14.2. The third kappa shape index (κ3) is 4.92. The Hall–Kier alpha value is -3.16. The van der Waals surface area contributed by atoms with Gasteiger partial charge in [-0.15, -0.1) is 0 Å². The van der Waals surface area contributed by atoms with E-state index in [1.165, 1.54) is 24.3 Å². The first-order chi connectivity index (χ1) is 12.4. The van der Waals surface area contributed by atoms with E-state index in [1.54, 1.807) is 6.92 Å². The summed E-state index contributed by atoms with van der Waals surface area (Å²) in [5.74, 6) is -2.39. The number of hydrogen-bond acceptors (Lipinski definition) is 4. The van der Waals surface area contributed by atoms with Gasteiger partial charge in [-0.3, -0.25) is 9.59 Å². The number of nitrogens with one attached hydrogen (secondary N) is 2. The van der Waals surface area contributed by atoms with E-state index in [9.17, 15) is 18.8 Å². The number of benzene rings is 1. The molecule has 0 saturated carbocycles. The number of carbonyl (C=O) groups excluding carboxylic acids is 2. The maximum atomic E-state index is 13.1. The van der Waals surface area contributed by atoms with Gasteiger partial charge in [-0.1, -0.05) is 13.0 Å². The molecule has 1 heterocycles. The molecule has 2 amide bonds. The Bertz CT molecular complexity index is 816. The molecule has 0 aliphatic rings. The monoisotopic (exact) mass is 362 g/mol. The molecule has 1 aromatic heterocycles. The maximum Gasteiger partial charge on any atom is 0.339 e. The van der Waals surface area contributed by atoms with Crippen LogP contribution in [0.15, 0.2) is 34.7 Å². The molecule has 3 N–H and O–H groups in total. The molecule has 2 aromatic rings. The Kier molecular flexibility index (Phi) is 6.48. The molecule has 7 nitrogen and oxygen atoms in total. The van der Waals surface area contributed by atoms with Crippen molar-refractivity contribution >= 4 is 17.8 Å². The molecule has 0 radical (unpaired) electrons. The van der Waals surface area contributed by atoms with Crippen LogP contribution in [0.3, 0.4) is 0 Å². The van der Waals surface area contributed by atoms with Crippen LogP contribution in [0.2, 0.25) is 0 Å². The van der Waals surface area contributed by atoms with Gasteiger partial charge in [-0.05, 0) is 24.6 Å². The van der Waals surface area contributed by atoms with Crippen LogP contribution in [0.5, 0.6) is 0 Å². The first-order valence-electron chi connectivity index (χ1n) is 8.10. The molecule has 0 saturated heterocycles. The van der Waals surface area contributed by atoms with Crippen LogP contribution in [0.1, 0.15) is 50.4 Å². The molecule has 0 aliphatic heterocycles. The first kappa shape index (κ1) is 19.2. The highest BCUT2D eigenvalue weighted by Gasteiger charge is 2.19. The molecular formula is C18H19FN2O5. The van der Waals surface area contributed by atoms with E-state index in [1.807, 2.05) is 0 Å². The predicted molar refractivity (Wildman–Crippen MR) is 90.7 cm³/mol. The van der Waals surface area contributed by atoms with Crippen molar-refractivity contribution in [2.24, 2.45) is 0 Å². The maximum absolute atomic E-state index is 13.1. The summed E-state index contributed by atoms with van der Waals surface area (Å²) in [5.41, 5.74) is 0.193. The number of carboxylic acid groups (broad SMARTS) is 1. The van der Waals surface area contributed by atoms with Gasteiger partial charge in [0.05, 0.1) is 0 Å². The summed E-state index contributed by atoms with van der Waals surface area (Å²) >= 11 is 0. The highest BCUT2D eigenvalue weighted by atomic mass is 19.1. The fourth-order valence-electron chi connectivity index (χ4n) is 2.30. The largest absolute Gasteiger partial charge is 0.478 e. The van der Waals surface area contributed by atoms with E-state index in [2.05, 4.69) is 10.6 Å². The SMILES string of the molecule is CCc1oc(C(=O)NCCCNC(=O)c2cccc(F)c2)cc1C(=O)O. The fourth-order valence-corrected chi connectivity index (χ4v) is 2.30. The van der Waals surface area contributed by atoms with Crippen LogP contribution >= 0.6 is 0 Å². The van der Waals surface area contributed by atoms with Gasteiger partial charge in [0.25, 0.3) is 11.8 Å². The van der Waals surface area contributed by atoms with Gasteiger partial charge in [-0.25, -0.2) is 9.18 Å². The van der Waals surface area contributed by atoms with Crippen molar-refractivity contribution in [3.05, 3.63) is 58.8 Å². The molecule has 1 aromatic carbocycles. The molecule has 138 valence electrons. The Labute approximate surface area is 149 Å². The predicted octanol–water partition coefficient (Wildman–Crippen LogP) is 2.23. The van der Waals surface area contributed by atoms with Crippen molar-refractivity contribution in [1.29, 1.82) is 0 Å². The average molecular weight is 362 g/mol. The Balaban J connectivity index is 1.77. The normalized spacial score (nSPS) is 10.4. The van der Waals surface area contributed by atoms with Crippen molar-refractivity contribution in [3.8, 4) is 0 Å². The first-order valence-corrected chi connectivity index (χ1v) is 8.10. The lowest BCUT2D eigenvalue weighted by Crippen LogP contribution is -2.29. The number of furan rings is 1. The summed E-state index contributed by atoms with van der Waals surface area (Å²) in [5, 5.41) is 14.3. The molecule has 0 bridgehead atoms. The summed E-state index contributed by atoms with van der Waals surface area (Å²) < 4.78 is 18.3. The molecule has 0 unspecified atom stereocenters. The van der Waals surface area contributed by atoms with Gasteiger partial charge < -0.3 is 20.2 Å². The van der Waals surface area contributed by atoms with E-state index in [0.717, 1.165) is 6.07 Å². The third-order valence-electron chi connectivity index (χ3n) is 3.60. The number of hydrogen-bond donors (Lipinski definition) is 3. The van der Waals surface area contributed by atoms with Crippen LogP contribution < -0.4 is 10.6 Å². The zero-order valence-electron chi connectivity index (χ0n) is 14.2. The summed E-state index contributed by atoms with van der Waals surface area (Å²) in [6.07, 6.45) is 0.807. The molecule has 0 spiro atoms. The number of amides is 2. The number of aryl methyl sites for hydroxylation is 1. The van der Waals surface area contributed by atoms with Crippen molar-refractivity contribution in [1.82, 2.24) is 10.6 Å². The van der Waals surface area contributed by atoms with Crippen LogP contribution in [0, 0.1) is 5.82 Å². The van der Waals surface area contributed by atoms with Gasteiger partial charge in [-0.2, -0.15) is 0 Å². The Morgan fingerprint density at radius 1 is 1.12 bits per heavy atom. The number of carboxylic acids is 1. The van der Waals surface area contributed by atoms with E-state index < -0.39 is 23.6 Å². The van der Waals surface area contributed by atoms with Gasteiger partial charge >= 0.3 is 5.97 Å². The fraction of sp³-hybridized carbons (Fsp3) is 0.278. The van der Waals surface area contributed by atoms with Crippen molar-refractivity contribution < 1.29 is 28.3 Å². The minimum Gasteiger partial charge on any atom is -0.478 e. The van der Waals surface area contributed by atoms with Crippen LogP contribution in [-0.2, 0) is 6.42 Å². The lowest BCUT2D eigenvalue weighted by Gasteiger charge is -2.06. The second-order valence-corrected chi connectivity index (χ2v) is 5.48. The zero-order chi connectivity index (χ0) is 19.1. The number of aromatic carboxylic acids is 1. The second kappa shape index (κ2) is 8.80. The van der Waals surface area contributed by atoms with E-state index >= 15 is 0 Å². The highest BCUT2D eigenvalue weighted by Crippen LogP contribution is 2.16. The minimum atomic E-state index is -1.15. The highest BCUT2D eigenvalue weighted by molar-refractivity contribution is 5.96. The summed E-state index contributed by atoms with van der Waals surface area (Å²) in [7, 11) is 0. The van der Waals surface area contributed by atoms with E-state index in [0.29, 0.717) is 12.8 Å². The molecule has 0 aliphatic carbocycles. The summed E-state index contributed by atoms with van der Waals surface area (Å²) in [4.78, 5) is 34.9. The number of carbonyl (C=O) groups is 3. The Morgan fingerprint density at radius 3 is 2.38 bits per heavy atom. The molecule has 0 fully saturated rings. The smallest absolute Gasteiger partial charge is 0.339 e. The third-order valence-corrected chi connectivity index (χ3v) is 3.60. The van der Waals surface area contributed by atoms with Gasteiger partial charge in [0.1, 0.15) is 17.1 Å². The molecule has 2 rings (SSSR count). The van der Waals surface area contributed by atoms with E-state index in [-0.39, 0.29) is 35.7 Å². The van der Waals surface area contributed by atoms with Crippen LogP contribution in [0.25, 0.3) is 0 Å². The number of rotatable bonds is 8. The van der Waals surface area contributed by atoms with Gasteiger partial charge in [0.2, 0.25) is 0 Å². The quantitative estimate of drug-likeness (QED) is 0.624. The van der Waals surface area contributed by atoms with Crippen molar-refractivity contribution in [2.45, 2.75) is 19.8 Å². The summed E-state index contributed by atoms with van der Waals surface area (Å²) in [6, 6.07) is 6.54. The van der Waals surface area contributed by atoms with Gasteiger partial charge in [0.15, 0.2) is 5.76 Å². The van der Waals surface area contributed by atoms with Crippen LogP contribution in [-0.4, -0.2) is 36.0 Å². The van der Waals surface area contributed by atoms with Crippen molar-refractivity contribution in [2.75, 3.05) is 13.1 Å². The second-order valence-electron chi connectivity index (χ2n) is 5.48. The molecule has 26 heavy (non-hydrogen) atoms. The lowest BCUT2D eigenvalue weighted by atomic mass is 10.2. The topological polar surface area (TPSA) is 109 Å². The summed E-state index contributed by atoms with van der Waals surface area (Å²) in [6.45, 7) is 2.27. The lowest BCUT2D eigenvalue weighted by molar-refractivity contribution is 0.0693. The average Bonchev–Trinajstić information content (AvgIpc) is 3.06. The molecule has 0 atom stereocenters. The van der Waals surface area contributed by atoms with E-state index in [4.69, 9.17) is 9.52 Å². The molecule has 8 heteroatoms. The molecular weight excluding hydrogens is 343 g/mol. The number of halogens is 1. The van der Waals surface area contributed by atoms with Gasteiger partial charge in [0, 0.05) is 31.1 Å². The standard InChI is InChI=1S/C18H19FN2O5/c1-2-14-13(18(24)25)10-15(26-14)17(23)21-8-4-7-20-16(22)11-5-3-6-12(19)9-11/h3,5-6,9-10H,2,4,7-8H2,1H3,(H,20,22)(H,21,23)(H,24,25). The minimum absolute atomic E-state index is 0.0278.